The molecule has 0 radical (unpaired) electrons. The minimum atomic E-state index is 0.0318. The molecule has 2 aliphatic rings. The van der Waals surface area contributed by atoms with Crippen LogP contribution in [-0.4, -0.2) is 55.1 Å². The van der Waals surface area contributed by atoms with E-state index in [0.717, 1.165) is 56.0 Å². The molecule has 28 heavy (non-hydrogen) atoms. The highest BCUT2D eigenvalue weighted by Gasteiger charge is 2.44. The highest BCUT2D eigenvalue weighted by molar-refractivity contribution is 5.83. The van der Waals surface area contributed by atoms with E-state index in [1.807, 2.05) is 24.3 Å². The number of hydrogen-bond donors (Lipinski definition) is 0. The Kier molecular flexibility index (Phi) is 5.53. The first-order valence-corrected chi connectivity index (χ1v) is 9.99. The van der Waals surface area contributed by atoms with Crippen LogP contribution in [0.2, 0.25) is 0 Å². The lowest BCUT2D eigenvalue weighted by Gasteiger charge is -2.40. The summed E-state index contributed by atoms with van der Waals surface area (Å²) >= 11 is 0. The normalized spacial score (nSPS) is 21.8. The fraction of sp³-hybridized carbons (Fsp3) is 0.435. The Morgan fingerprint density at radius 3 is 2.50 bits per heavy atom. The predicted molar refractivity (Wildman–Crippen MR) is 109 cm³/mol. The number of carbonyl (C=O) groups excluding carboxylic acids is 1. The fourth-order valence-electron chi connectivity index (χ4n) is 4.49. The molecule has 2 aromatic carbocycles. The minimum absolute atomic E-state index is 0.0318. The Balaban J connectivity index is 1.39. The Bertz CT molecular complexity index is 824. The van der Waals surface area contributed by atoms with E-state index in [9.17, 15) is 4.79 Å². The topological polar surface area (TPSA) is 42.0 Å². The van der Waals surface area contributed by atoms with E-state index in [0.29, 0.717) is 6.04 Å². The maximum absolute atomic E-state index is 13.1. The molecule has 4 rings (SSSR count). The van der Waals surface area contributed by atoms with Gasteiger partial charge in [0.15, 0.2) is 11.5 Å². The smallest absolute Gasteiger partial charge is 0.240 e. The number of fused-ring (bicyclic) bond motifs is 2. The van der Waals surface area contributed by atoms with Crippen LogP contribution in [0.25, 0.3) is 0 Å². The van der Waals surface area contributed by atoms with E-state index in [1.165, 1.54) is 5.56 Å². The number of carbonyl (C=O) groups is 1. The Labute approximate surface area is 166 Å². The molecule has 2 aromatic rings. The molecule has 2 aliphatic heterocycles. The van der Waals surface area contributed by atoms with Gasteiger partial charge in [-0.2, -0.15) is 0 Å². The third kappa shape index (κ3) is 3.72. The molecule has 0 aromatic heterocycles. The average Bonchev–Trinajstić information content (AvgIpc) is 3.04. The van der Waals surface area contributed by atoms with Crippen molar-refractivity contribution in [3.63, 3.8) is 0 Å². The molecule has 2 heterocycles. The maximum atomic E-state index is 13.1. The van der Waals surface area contributed by atoms with Crippen LogP contribution in [0.3, 0.4) is 0 Å². The van der Waals surface area contributed by atoms with Gasteiger partial charge in [-0.3, -0.25) is 9.69 Å². The number of ether oxygens (including phenoxy) is 2. The molecule has 1 amide bonds. The second-order valence-electron chi connectivity index (χ2n) is 7.63. The summed E-state index contributed by atoms with van der Waals surface area (Å²) in [6.07, 6.45) is 2.91. The third-order valence-electron chi connectivity index (χ3n) is 6.00. The molecule has 0 spiro atoms. The van der Waals surface area contributed by atoms with E-state index in [-0.39, 0.29) is 11.9 Å². The molecule has 148 valence electrons. The summed E-state index contributed by atoms with van der Waals surface area (Å²) < 4.78 is 10.7. The number of piperazine rings is 1. The Hall–Kier alpha value is -2.53. The molecule has 0 N–H and O–H groups in total. The van der Waals surface area contributed by atoms with Gasteiger partial charge in [-0.1, -0.05) is 36.4 Å². The first-order chi connectivity index (χ1) is 13.7. The Morgan fingerprint density at radius 2 is 1.75 bits per heavy atom. The standard InChI is InChI=1S/C23H28N2O3/c1-27-21-11-8-17(14-22(21)28-2)12-13-24-16-19-9-10-20(23(24)26)25(19)15-18-6-4-3-5-7-18/h3-8,11,14,19-20H,9-10,12-13,15-16H2,1-2H3/t19-,20+/m1/s1. The highest BCUT2D eigenvalue weighted by atomic mass is 16.5. The van der Waals surface area contributed by atoms with Gasteiger partial charge >= 0.3 is 0 Å². The van der Waals surface area contributed by atoms with E-state index >= 15 is 0 Å². The van der Waals surface area contributed by atoms with Crippen LogP contribution in [0.1, 0.15) is 24.0 Å². The average molecular weight is 380 g/mol. The van der Waals surface area contributed by atoms with Crippen molar-refractivity contribution in [2.24, 2.45) is 0 Å². The van der Waals surface area contributed by atoms with Crippen LogP contribution in [0.4, 0.5) is 0 Å². The van der Waals surface area contributed by atoms with Gasteiger partial charge in [0.05, 0.1) is 20.3 Å². The zero-order chi connectivity index (χ0) is 19.5. The molecular weight excluding hydrogens is 352 g/mol. The molecule has 2 bridgehead atoms. The molecule has 0 unspecified atom stereocenters. The summed E-state index contributed by atoms with van der Waals surface area (Å²) in [6, 6.07) is 16.9. The molecule has 5 nitrogen and oxygen atoms in total. The summed E-state index contributed by atoms with van der Waals surface area (Å²) in [5, 5.41) is 0. The number of likely N-dealkylation sites (tertiary alicyclic amines) is 1. The van der Waals surface area contributed by atoms with Crippen LogP contribution < -0.4 is 9.47 Å². The van der Waals surface area contributed by atoms with Gasteiger partial charge in [0, 0.05) is 25.7 Å². The zero-order valence-electron chi connectivity index (χ0n) is 16.6. The van der Waals surface area contributed by atoms with Crippen LogP contribution in [0, 0.1) is 0 Å². The molecule has 0 saturated carbocycles. The fourth-order valence-corrected chi connectivity index (χ4v) is 4.49. The van der Waals surface area contributed by atoms with Crippen molar-refractivity contribution in [3.05, 3.63) is 59.7 Å². The second-order valence-corrected chi connectivity index (χ2v) is 7.63. The first kappa shape index (κ1) is 18.8. The maximum Gasteiger partial charge on any atom is 0.240 e. The quantitative estimate of drug-likeness (QED) is 0.740. The van der Waals surface area contributed by atoms with Gasteiger partial charge in [0.25, 0.3) is 0 Å². The van der Waals surface area contributed by atoms with E-state index in [2.05, 4.69) is 34.1 Å². The van der Waals surface area contributed by atoms with Crippen molar-refractivity contribution in [2.45, 2.75) is 37.9 Å². The number of methoxy groups -OCH3 is 2. The minimum Gasteiger partial charge on any atom is -0.493 e. The van der Waals surface area contributed by atoms with Crippen LogP contribution in [-0.2, 0) is 17.8 Å². The van der Waals surface area contributed by atoms with E-state index < -0.39 is 0 Å². The second kappa shape index (κ2) is 8.23. The largest absolute Gasteiger partial charge is 0.493 e. The van der Waals surface area contributed by atoms with Crippen LogP contribution >= 0.6 is 0 Å². The van der Waals surface area contributed by atoms with Gasteiger partial charge in [-0.25, -0.2) is 0 Å². The summed E-state index contributed by atoms with van der Waals surface area (Å²) in [5.41, 5.74) is 2.44. The molecule has 2 fully saturated rings. The third-order valence-corrected chi connectivity index (χ3v) is 6.00. The van der Waals surface area contributed by atoms with Gasteiger partial charge in [-0.15, -0.1) is 0 Å². The van der Waals surface area contributed by atoms with E-state index in [4.69, 9.17) is 9.47 Å². The van der Waals surface area contributed by atoms with Crippen molar-refractivity contribution in [2.75, 3.05) is 27.3 Å². The molecule has 5 heteroatoms. The predicted octanol–water partition coefficient (Wildman–Crippen LogP) is 3.12. The lowest BCUT2D eigenvalue weighted by Crippen LogP contribution is -2.57. The van der Waals surface area contributed by atoms with Crippen molar-refractivity contribution in [1.82, 2.24) is 9.80 Å². The molecule has 0 aliphatic carbocycles. The van der Waals surface area contributed by atoms with Gasteiger partial charge in [0.2, 0.25) is 5.91 Å². The zero-order valence-corrected chi connectivity index (χ0v) is 16.6. The van der Waals surface area contributed by atoms with Gasteiger partial charge in [0.1, 0.15) is 0 Å². The lowest BCUT2D eigenvalue weighted by atomic mass is 10.1. The molecule has 2 saturated heterocycles. The van der Waals surface area contributed by atoms with Crippen LogP contribution in [0.15, 0.2) is 48.5 Å². The Morgan fingerprint density at radius 1 is 0.964 bits per heavy atom. The van der Waals surface area contributed by atoms with Crippen molar-refractivity contribution >= 4 is 5.91 Å². The van der Waals surface area contributed by atoms with Crippen molar-refractivity contribution in [3.8, 4) is 11.5 Å². The SMILES string of the molecule is COc1ccc(CCN2C[C@H]3CC[C@@H](C2=O)N3Cc2ccccc2)cc1OC. The summed E-state index contributed by atoms with van der Waals surface area (Å²) in [5.74, 6) is 1.75. The van der Waals surface area contributed by atoms with Crippen LogP contribution in [0.5, 0.6) is 11.5 Å². The molecular formula is C23H28N2O3. The first-order valence-electron chi connectivity index (χ1n) is 9.99. The summed E-state index contributed by atoms with van der Waals surface area (Å²) in [4.78, 5) is 17.5. The van der Waals surface area contributed by atoms with Gasteiger partial charge < -0.3 is 14.4 Å². The summed E-state index contributed by atoms with van der Waals surface area (Å²) in [7, 11) is 3.29. The molecule has 2 atom stereocenters. The summed E-state index contributed by atoms with van der Waals surface area (Å²) in [6.45, 7) is 2.45. The highest BCUT2D eigenvalue weighted by Crippen LogP contribution is 2.33. The van der Waals surface area contributed by atoms with Gasteiger partial charge in [-0.05, 0) is 42.5 Å². The number of amides is 1. The number of rotatable bonds is 7. The van der Waals surface area contributed by atoms with Crippen molar-refractivity contribution in [1.29, 1.82) is 0 Å². The lowest BCUT2D eigenvalue weighted by molar-refractivity contribution is -0.141. The van der Waals surface area contributed by atoms with E-state index in [1.54, 1.807) is 14.2 Å². The monoisotopic (exact) mass is 380 g/mol. The number of benzene rings is 2. The number of hydrogen-bond acceptors (Lipinski definition) is 4. The van der Waals surface area contributed by atoms with Crippen molar-refractivity contribution < 1.29 is 14.3 Å². The number of nitrogens with zero attached hydrogens (tertiary/aromatic N) is 2.